The normalized spacial score (nSPS) is 12.6. The molecule has 116 valence electrons. The summed E-state index contributed by atoms with van der Waals surface area (Å²) < 4.78 is 25.2. The summed E-state index contributed by atoms with van der Waals surface area (Å²) in [6, 6.07) is 15.2. The second-order valence-electron chi connectivity index (χ2n) is 4.91. The molecule has 0 bridgehead atoms. The Balaban J connectivity index is 2.02. The van der Waals surface area contributed by atoms with Gasteiger partial charge in [-0.3, -0.25) is 4.79 Å². The van der Waals surface area contributed by atoms with Crippen molar-refractivity contribution in [1.29, 1.82) is 0 Å². The average Bonchev–Trinajstić information content (AvgIpc) is 2.48. The Morgan fingerprint density at radius 2 is 1.68 bits per heavy atom. The molecule has 1 unspecified atom stereocenters. The van der Waals surface area contributed by atoms with Crippen molar-refractivity contribution in [2.24, 2.45) is 0 Å². The summed E-state index contributed by atoms with van der Waals surface area (Å²) in [5.74, 6) is -1.07. The van der Waals surface area contributed by atoms with E-state index in [1.807, 2.05) is 31.2 Å². The number of carbonyl (C=O) groups excluding carboxylic acids is 1. The number of hydrogen-bond donors (Lipinski definition) is 1. The predicted octanol–water partition coefficient (Wildman–Crippen LogP) is 3.10. The maximum atomic E-state index is 12.1. The molecule has 0 saturated heterocycles. The van der Waals surface area contributed by atoms with Crippen LogP contribution in [0, 0.1) is 0 Å². The summed E-state index contributed by atoms with van der Waals surface area (Å²) in [5.41, 5.74) is 0.911. The van der Waals surface area contributed by atoms with Crippen LogP contribution in [0.5, 0.6) is 0 Å². The number of benzene rings is 2. The SMILES string of the molecule is CC(NC(=O)CS(=O)(=O)c1ccccc1)c1ccc(Br)cc1. The van der Waals surface area contributed by atoms with E-state index < -0.39 is 21.5 Å². The van der Waals surface area contributed by atoms with Crippen LogP contribution in [0.25, 0.3) is 0 Å². The van der Waals surface area contributed by atoms with Crippen LogP contribution in [-0.4, -0.2) is 20.1 Å². The maximum Gasteiger partial charge on any atom is 0.236 e. The van der Waals surface area contributed by atoms with E-state index in [0.717, 1.165) is 10.0 Å². The molecule has 22 heavy (non-hydrogen) atoms. The first kappa shape index (κ1) is 16.7. The van der Waals surface area contributed by atoms with Gasteiger partial charge < -0.3 is 5.32 Å². The van der Waals surface area contributed by atoms with E-state index in [1.165, 1.54) is 12.1 Å². The minimum absolute atomic E-state index is 0.154. The van der Waals surface area contributed by atoms with Gasteiger partial charge in [-0.25, -0.2) is 8.42 Å². The molecule has 1 atom stereocenters. The molecule has 2 aromatic carbocycles. The van der Waals surface area contributed by atoms with Crippen LogP contribution in [-0.2, 0) is 14.6 Å². The van der Waals surface area contributed by atoms with Gasteiger partial charge in [0.25, 0.3) is 0 Å². The highest BCUT2D eigenvalue weighted by Crippen LogP contribution is 2.17. The third-order valence-corrected chi connectivity index (χ3v) is 5.33. The lowest BCUT2D eigenvalue weighted by Crippen LogP contribution is -2.32. The zero-order chi connectivity index (χ0) is 16.2. The van der Waals surface area contributed by atoms with Gasteiger partial charge in [0, 0.05) is 4.47 Å². The van der Waals surface area contributed by atoms with Crippen LogP contribution in [0.1, 0.15) is 18.5 Å². The van der Waals surface area contributed by atoms with Gasteiger partial charge in [-0.2, -0.15) is 0 Å². The van der Waals surface area contributed by atoms with E-state index in [4.69, 9.17) is 0 Å². The van der Waals surface area contributed by atoms with Crippen LogP contribution in [0.4, 0.5) is 0 Å². The average molecular weight is 382 g/mol. The fraction of sp³-hybridized carbons (Fsp3) is 0.188. The minimum atomic E-state index is -3.61. The van der Waals surface area contributed by atoms with E-state index >= 15 is 0 Å². The van der Waals surface area contributed by atoms with E-state index in [-0.39, 0.29) is 10.9 Å². The number of halogens is 1. The Hall–Kier alpha value is -1.66. The van der Waals surface area contributed by atoms with E-state index in [0.29, 0.717) is 0 Å². The first-order chi connectivity index (χ1) is 10.4. The smallest absolute Gasteiger partial charge is 0.236 e. The molecule has 0 aliphatic rings. The molecule has 0 aliphatic heterocycles. The predicted molar refractivity (Wildman–Crippen MR) is 89.2 cm³/mol. The topological polar surface area (TPSA) is 63.2 Å². The van der Waals surface area contributed by atoms with Crippen molar-refractivity contribution in [1.82, 2.24) is 5.32 Å². The third-order valence-electron chi connectivity index (χ3n) is 3.17. The van der Waals surface area contributed by atoms with Gasteiger partial charge in [0.1, 0.15) is 5.75 Å². The van der Waals surface area contributed by atoms with Crippen LogP contribution >= 0.6 is 15.9 Å². The molecule has 2 aromatic rings. The lowest BCUT2D eigenvalue weighted by atomic mass is 10.1. The highest BCUT2D eigenvalue weighted by molar-refractivity contribution is 9.10. The van der Waals surface area contributed by atoms with Crippen molar-refractivity contribution in [3.05, 3.63) is 64.6 Å². The Kier molecular flexibility index (Phi) is 5.37. The summed E-state index contributed by atoms with van der Waals surface area (Å²) >= 11 is 3.34. The van der Waals surface area contributed by atoms with Crippen LogP contribution in [0.15, 0.2) is 64.0 Å². The van der Waals surface area contributed by atoms with Crippen LogP contribution in [0.3, 0.4) is 0 Å². The molecule has 0 heterocycles. The summed E-state index contributed by atoms with van der Waals surface area (Å²) in [6.07, 6.45) is 0. The molecule has 0 fully saturated rings. The molecule has 1 N–H and O–H groups in total. The minimum Gasteiger partial charge on any atom is -0.349 e. The van der Waals surface area contributed by atoms with Gasteiger partial charge in [-0.15, -0.1) is 0 Å². The van der Waals surface area contributed by atoms with Crippen molar-refractivity contribution in [3.63, 3.8) is 0 Å². The standard InChI is InChI=1S/C16H16BrNO3S/c1-12(13-7-9-14(17)10-8-13)18-16(19)11-22(20,21)15-5-3-2-4-6-15/h2-10,12H,11H2,1H3,(H,18,19). The Bertz CT molecular complexity index is 743. The second-order valence-corrected chi connectivity index (χ2v) is 7.82. The highest BCUT2D eigenvalue weighted by atomic mass is 79.9. The molecule has 1 amide bonds. The van der Waals surface area contributed by atoms with E-state index in [1.54, 1.807) is 18.2 Å². The number of carbonyl (C=O) groups is 1. The summed E-state index contributed by atoms with van der Waals surface area (Å²) in [4.78, 5) is 12.1. The van der Waals surface area contributed by atoms with E-state index in [2.05, 4.69) is 21.2 Å². The Morgan fingerprint density at radius 1 is 1.09 bits per heavy atom. The van der Waals surface area contributed by atoms with Gasteiger partial charge in [-0.1, -0.05) is 46.3 Å². The second kappa shape index (κ2) is 7.07. The largest absolute Gasteiger partial charge is 0.349 e. The van der Waals surface area contributed by atoms with Crippen LogP contribution in [0.2, 0.25) is 0 Å². The molecule has 0 aliphatic carbocycles. The van der Waals surface area contributed by atoms with Crippen molar-refractivity contribution in [3.8, 4) is 0 Å². The lowest BCUT2D eigenvalue weighted by Gasteiger charge is -2.14. The van der Waals surface area contributed by atoms with Crippen molar-refractivity contribution < 1.29 is 13.2 Å². The number of rotatable bonds is 5. The molecule has 0 aromatic heterocycles. The van der Waals surface area contributed by atoms with Crippen molar-refractivity contribution in [2.75, 3.05) is 5.75 Å². The molecular formula is C16H16BrNO3S. The van der Waals surface area contributed by atoms with Gasteiger partial charge in [0.05, 0.1) is 10.9 Å². The third kappa shape index (κ3) is 4.42. The summed E-state index contributed by atoms with van der Waals surface area (Å²) in [5, 5.41) is 2.71. The molecule has 6 heteroatoms. The van der Waals surface area contributed by atoms with Gasteiger partial charge in [0.2, 0.25) is 5.91 Å². The van der Waals surface area contributed by atoms with E-state index in [9.17, 15) is 13.2 Å². The molecule has 0 saturated carbocycles. The first-order valence-corrected chi connectivity index (χ1v) is 9.15. The number of amides is 1. The number of nitrogens with one attached hydrogen (secondary N) is 1. The fourth-order valence-corrected chi connectivity index (χ4v) is 3.43. The summed E-state index contributed by atoms with van der Waals surface area (Å²) in [7, 11) is -3.61. The van der Waals surface area contributed by atoms with Gasteiger partial charge in [-0.05, 0) is 36.8 Å². The van der Waals surface area contributed by atoms with Crippen molar-refractivity contribution in [2.45, 2.75) is 17.9 Å². The lowest BCUT2D eigenvalue weighted by molar-refractivity contribution is -0.119. The first-order valence-electron chi connectivity index (χ1n) is 6.71. The zero-order valence-electron chi connectivity index (χ0n) is 12.0. The van der Waals surface area contributed by atoms with Gasteiger partial charge >= 0.3 is 0 Å². The van der Waals surface area contributed by atoms with Gasteiger partial charge in [0.15, 0.2) is 9.84 Å². The molecule has 2 rings (SSSR count). The maximum absolute atomic E-state index is 12.1. The highest BCUT2D eigenvalue weighted by Gasteiger charge is 2.20. The molecule has 0 radical (unpaired) electrons. The Morgan fingerprint density at radius 3 is 2.27 bits per heavy atom. The zero-order valence-corrected chi connectivity index (χ0v) is 14.4. The quantitative estimate of drug-likeness (QED) is 0.865. The molecule has 0 spiro atoms. The fourth-order valence-electron chi connectivity index (χ4n) is 2.00. The Labute approximate surface area is 138 Å². The number of hydrogen-bond acceptors (Lipinski definition) is 3. The number of sulfone groups is 1. The van der Waals surface area contributed by atoms with Crippen molar-refractivity contribution >= 4 is 31.7 Å². The van der Waals surface area contributed by atoms with Crippen LogP contribution < -0.4 is 5.32 Å². The molecular weight excluding hydrogens is 366 g/mol. The summed E-state index contributed by atoms with van der Waals surface area (Å²) in [6.45, 7) is 1.82. The molecule has 4 nitrogen and oxygen atoms in total. The monoisotopic (exact) mass is 381 g/mol.